The molecule has 1 N–H and O–H groups in total. The summed E-state index contributed by atoms with van der Waals surface area (Å²) < 4.78 is 13.5. The molecule has 2 nitrogen and oxygen atoms in total. The van der Waals surface area contributed by atoms with E-state index in [9.17, 15) is 9.18 Å². The molecule has 0 aliphatic carbocycles. The molecule has 0 fully saturated rings. The number of hydrogen-bond donors (Lipinski definition) is 1. The first kappa shape index (κ1) is 13.4. The second-order valence-electron chi connectivity index (χ2n) is 4.50. The second kappa shape index (κ2) is 5.76. The van der Waals surface area contributed by atoms with Gasteiger partial charge in [0.15, 0.2) is 5.78 Å². The van der Waals surface area contributed by atoms with E-state index in [1.54, 1.807) is 24.3 Å². The van der Waals surface area contributed by atoms with Crippen molar-refractivity contribution in [3.05, 3.63) is 70.5 Å². The van der Waals surface area contributed by atoms with E-state index in [1.807, 2.05) is 13.0 Å². The van der Waals surface area contributed by atoms with Gasteiger partial charge in [0.2, 0.25) is 0 Å². The average Bonchev–Trinajstić information content (AvgIpc) is 2.41. The molecule has 2 aromatic rings. The van der Waals surface area contributed by atoms with Crippen LogP contribution in [0.2, 0.25) is 0 Å². The van der Waals surface area contributed by atoms with Gasteiger partial charge in [0, 0.05) is 6.42 Å². The number of carbonyl (C=O) groups excluding carboxylic acids is 1. The number of carbonyl (C=O) groups is 1. The predicted molar refractivity (Wildman–Crippen MR) is 71.5 cm³/mol. The van der Waals surface area contributed by atoms with Crippen LogP contribution in [0.1, 0.15) is 27.0 Å². The summed E-state index contributed by atoms with van der Waals surface area (Å²) >= 11 is 0. The molecule has 3 heteroatoms. The maximum Gasteiger partial charge on any atom is 0.170 e. The van der Waals surface area contributed by atoms with Crippen molar-refractivity contribution in [2.24, 2.45) is 0 Å². The molecule has 0 spiro atoms. The van der Waals surface area contributed by atoms with Crippen molar-refractivity contribution in [2.75, 3.05) is 0 Å². The van der Waals surface area contributed by atoms with Gasteiger partial charge in [0.05, 0.1) is 12.2 Å². The van der Waals surface area contributed by atoms with Crippen molar-refractivity contribution in [3.63, 3.8) is 0 Å². The highest BCUT2D eigenvalue weighted by Gasteiger charge is 2.12. The van der Waals surface area contributed by atoms with Gasteiger partial charge in [-0.1, -0.05) is 30.3 Å². The smallest absolute Gasteiger partial charge is 0.170 e. The molecule has 0 aliphatic heterocycles. The lowest BCUT2D eigenvalue weighted by molar-refractivity contribution is 0.0989. The van der Waals surface area contributed by atoms with Gasteiger partial charge in [-0.05, 0) is 35.7 Å². The third-order valence-electron chi connectivity index (χ3n) is 3.11. The summed E-state index contributed by atoms with van der Waals surface area (Å²) in [5.74, 6) is -0.727. The number of Topliss-reactive ketones (excluding diaryl/α,β-unsaturated/α-hetero) is 1. The Bertz CT molecular complexity index is 605. The molecule has 2 aromatic carbocycles. The summed E-state index contributed by atoms with van der Waals surface area (Å²) in [5, 5.41) is 9.03. The molecule has 0 bridgehead atoms. The van der Waals surface area contributed by atoms with Gasteiger partial charge in [0.1, 0.15) is 5.82 Å². The third kappa shape index (κ3) is 3.06. The van der Waals surface area contributed by atoms with Gasteiger partial charge in [-0.25, -0.2) is 4.39 Å². The highest BCUT2D eigenvalue weighted by molar-refractivity contribution is 5.97. The van der Waals surface area contributed by atoms with Crippen LogP contribution in [0.4, 0.5) is 4.39 Å². The van der Waals surface area contributed by atoms with Crippen LogP contribution >= 0.6 is 0 Å². The van der Waals surface area contributed by atoms with Crippen LogP contribution in [0.5, 0.6) is 0 Å². The fraction of sp³-hybridized carbons (Fsp3) is 0.188. The lowest BCUT2D eigenvalue weighted by atomic mass is 9.98. The van der Waals surface area contributed by atoms with E-state index in [0.29, 0.717) is 0 Å². The summed E-state index contributed by atoms with van der Waals surface area (Å²) in [4.78, 5) is 12.1. The van der Waals surface area contributed by atoms with Gasteiger partial charge in [0.25, 0.3) is 0 Å². The zero-order valence-corrected chi connectivity index (χ0v) is 10.7. The Hall–Kier alpha value is -2.00. The molecule has 0 unspecified atom stereocenters. The summed E-state index contributed by atoms with van der Waals surface area (Å²) in [6, 6.07) is 11.4. The van der Waals surface area contributed by atoms with E-state index in [-0.39, 0.29) is 24.4 Å². The van der Waals surface area contributed by atoms with Crippen molar-refractivity contribution in [3.8, 4) is 0 Å². The Kier molecular flexibility index (Phi) is 4.07. The number of hydrogen-bond acceptors (Lipinski definition) is 2. The third-order valence-corrected chi connectivity index (χ3v) is 3.11. The highest BCUT2D eigenvalue weighted by Crippen LogP contribution is 2.16. The van der Waals surface area contributed by atoms with E-state index in [2.05, 4.69) is 0 Å². The monoisotopic (exact) mass is 258 g/mol. The van der Waals surface area contributed by atoms with Crippen molar-refractivity contribution in [1.82, 2.24) is 0 Å². The van der Waals surface area contributed by atoms with Gasteiger partial charge in [-0.3, -0.25) is 4.79 Å². The minimum atomic E-state index is -0.489. The van der Waals surface area contributed by atoms with Crippen molar-refractivity contribution < 1.29 is 14.3 Å². The van der Waals surface area contributed by atoms with Crippen LogP contribution in [-0.2, 0) is 13.0 Å². The number of aliphatic hydroxyl groups is 1. The highest BCUT2D eigenvalue weighted by atomic mass is 19.1. The Morgan fingerprint density at radius 3 is 2.58 bits per heavy atom. The van der Waals surface area contributed by atoms with E-state index in [4.69, 9.17) is 5.11 Å². The van der Waals surface area contributed by atoms with E-state index >= 15 is 0 Å². The Balaban J connectivity index is 2.22. The first-order valence-electron chi connectivity index (χ1n) is 6.09. The number of ketones is 1. The molecule has 0 heterocycles. The minimum Gasteiger partial charge on any atom is -0.392 e. The van der Waals surface area contributed by atoms with E-state index in [0.717, 1.165) is 16.7 Å². The van der Waals surface area contributed by atoms with Crippen LogP contribution in [0.25, 0.3) is 0 Å². The van der Waals surface area contributed by atoms with Crippen molar-refractivity contribution in [1.29, 1.82) is 0 Å². The number of benzene rings is 2. The Morgan fingerprint density at radius 1 is 1.21 bits per heavy atom. The minimum absolute atomic E-state index is 0.0254. The molecule has 2 rings (SSSR count). The molecule has 19 heavy (non-hydrogen) atoms. The summed E-state index contributed by atoms with van der Waals surface area (Å²) in [6.07, 6.45) is 0.165. The van der Waals surface area contributed by atoms with E-state index in [1.165, 1.54) is 12.1 Å². The SMILES string of the molecule is Cc1cc(CO)ccc1CC(=O)c1ccccc1F. The molecule has 0 amide bonds. The Morgan fingerprint density at radius 2 is 1.95 bits per heavy atom. The lowest BCUT2D eigenvalue weighted by Gasteiger charge is -2.07. The predicted octanol–water partition coefficient (Wildman–Crippen LogP) is 3.05. The number of rotatable bonds is 4. The summed E-state index contributed by atoms with van der Waals surface area (Å²) in [7, 11) is 0. The molecular weight excluding hydrogens is 243 g/mol. The fourth-order valence-electron chi connectivity index (χ4n) is 2.01. The standard InChI is InChI=1S/C16H15FO2/c1-11-8-12(10-18)6-7-13(11)9-16(19)14-4-2-3-5-15(14)17/h2-8,18H,9-10H2,1H3. The quantitative estimate of drug-likeness (QED) is 0.856. The van der Waals surface area contributed by atoms with Crippen LogP contribution in [0.15, 0.2) is 42.5 Å². The molecule has 0 aliphatic rings. The lowest BCUT2D eigenvalue weighted by Crippen LogP contribution is -2.07. The zero-order valence-electron chi connectivity index (χ0n) is 10.7. The van der Waals surface area contributed by atoms with Crippen molar-refractivity contribution in [2.45, 2.75) is 20.0 Å². The molecule has 98 valence electrons. The molecular formula is C16H15FO2. The average molecular weight is 258 g/mol. The van der Waals surface area contributed by atoms with Crippen LogP contribution < -0.4 is 0 Å². The van der Waals surface area contributed by atoms with Crippen LogP contribution in [-0.4, -0.2) is 10.9 Å². The summed E-state index contributed by atoms with van der Waals surface area (Å²) in [5.41, 5.74) is 2.70. The van der Waals surface area contributed by atoms with Gasteiger partial charge in [-0.2, -0.15) is 0 Å². The van der Waals surface area contributed by atoms with Gasteiger partial charge < -0.3 is 5.11 Å². The normalized spacial score (nSPS) is 10.5. The maximum atomic E-state index is 13.5. The molecule has 0 saturated carbocycles. The van der Waals surface area contributed by atoms with E-state index < -0.39 is 5.82 Å². The second-order valence-corrected chi connectivity index (χ2v) is 4.50. The summed E-state index contributed by atoms with van der Waals surface area (Å²) in [6.45, 7) is 1.85. The Labute approximate surface area is 111 Å². The number of aliphatic hydroxyl groups excluding tert-OH is 1. The van der Waals surface area contributed by atoms with Gasteiger partial charge >= 0.3 is 0 Å². The maximum absolute atomic E-state index is 13.5. The first-order valence-corrected chi connectivity index (χ1v) is 6.09. The molecule has 0 atom stereocenters. The fourth-order valence-corrected chi connectivity index (χ4v) is 2.01. The molecule has 0 aromatic heterocycles. The topological polar surface area (TPSA) is 37.3 Å². The number of halogens is 1. The van der Waals surface area contributed by atoms with Crippen LogP contribution in [0.3, 0.4) is 0 Å². The van der Waals surface area contributed by atoms with Crippen molar-refractivity contribution >= 4 is 5.78 Å². The zero-order chi connectivity index (χ0) is 13.8. The largest absolute Gasteiger partial charge is 0.392 e. The molecule has 0 saturated heterocycles. The number of aryl methyl sites for hydroxylation is 1. The first-order chi connectivity index (χ1) is 9.11. The van der Waals surface area contributed by atoms with Gasteiger partial charge in [-0.15, -0.1) is 0 Å². The van der Waals surface area contributed by atoms with Crippen LogP contribution in [0, 0.1) is 12.7 Å². The molecule has 0 radical (unpaired) electrons.